The van der Waals surface area contributed by atoms with Gasteiger partial charge in [-0.15, -0.1) is 0 Å². The predicted octanol–water partition coefficient (Wildman–Crippen LogP) is 2.78. The molecule has 122 valence electrons. The van der Waals surface area contributed by atoms with Gasteiger partial charge in [-0.05, 0) is 63.3 Å². The molecule has 0 bridgehead atoms. The summed E-state index contributed by atoms with van der Waals surface area (Å²) in [5.41, 5.74) is 0. The molecule has 0 radical (unpaired) electrons. The van der Waals surface area contributed by atoms with Crippen molar-refractivity contribution in [2.24, 2.45) is 11.8 Å². The van der Waals surface area contributed by atoms with Crippen molar-refractivity contribution in [1.82, 2.24) is 10.2 Å². The van der Waals surface area contributed by atoms with Gasteiger partial charge in [-0.3, -0.25) is 4.90 Å². The van der Waals surface area contributed by atoms with Gasteiger partial charge in [0, 0.05) is 31.8 Å². The summed E-state index contributed by atoms with van der Waals surface area (Å²) in [5.74, 6) is 1.76. The number of piperidine rings is 1. The van der Waals surface area contributed by atoms with E-state index >= 15 is 0 Å². The van der Waals surface area contributed by atoms with Crippen LogP contribution in [0.2, 0.25) is 0 Å². The topological polar surface area (TPSA) is 35.5 Å². The molecule has 1 saturated heterocycles. The molecule has 0 amide bonds. The molecular weight excluding hydrogens is 260 g/mol. The van der Waals surface area contributed by atoms with Crippen LogP contribution in [-0.2, 0) is 0 Å². The zero-order chi connectivity index (χ0) is 14.5. The molecule has 1 heterocycles. The van der Waals surface area contributed by atoms with E-state index in [0.29, 0.717) is 12.6 Å². The van der Waals surface area contributed by atoms with Crippen LogP contribution in [-0.4, -0.2) is 48.3 Å². The third kappa shape index (κ3) is 4.43. The van der Waals surface area contributed by atoms with Gasteiger partial charge in [-0.2, -0.15) is 0 Å². The normalized spacial score (nSPS) is 32.4. The molecule has 2 saturated carbocycles. The molecular formula is C18H34N2O. The Hall–Kier alpha value is -0.120. The zero-order valence-electron chi connectivity index (χ0n) is 13.6. The van der Waals surface area contributed by atoms with Crippen molar-refractivity contribution in [3.8, 4) is 0 Å². The molecule has 2 N–H and O–H groups in total. The third-order valence-electron chi connectivity index (χ3n) is 6.10. The highest BCUT2D eigenvalue weighted by atomic mass is 16.2. The molecule has 0 spiro atoms. The minimum absolute atomic E-state index is 0.361. The van der Waals surface area contributed by atoms with E-state index in [1.807, 2.05) is 0 Å². The summed E-state index contributed by atoms with van der Waals surface area (Å²) in [4.78, 5) is 2.79. The first-order chi connectivity index (χ1) is 10.3. The lowest BCUT2D eigenvalue weighted by Gasteiger charge is -2.42. The van der Waals surface area contributed by atoms with Crippen LogP contribution >= 0.6 is 0 Å². The number of hydrogen-bond acceptors (Lipinski definition) is 3. The highest BCUT2D eigenvalue weighted by molar-refractivity contribution is 4.89. The average Bonchev–Trinajstić information content (AvgIpc) is 2.97. The smallest absolute Gasteiger partial charge is 0.0431 e. The number of hydrogen-bond donors (Lipinski definition) is 2. The first-order valence-corrected chi connectivity index (χ1v) is 9.43. The Labute approximate surface area is 130 Å². The summed E-state index contributed by atoms with van der Waals surface area (Å²) in [5, 5.41) is 13.0. The summed E-state index contributed by atoms with van der Waals surface area (Å²) in [6.45, 7) is 4.16. The fourth-order valence-corrected chi connectivity index (χ4v) is 4.58. The van der Waals surface area contributed by atoms with E-state index in [4.69, 9.17) is 5.11 Å². The Balaban J connectivity index is 1.50. The van der Waals surface area contributed by atoms with Crippen molar-refractivity contribution < 1.29 is 5.11 Å². The fraction of sp³-hybridized carbons (Fsp3) is 1.00. The van der Waals surface area contributed by atoms with Crippen molar-refractivity contribution in [3.63, 3.8) is 0 Å². The Morgan fingerprint density at radius 1 is 0.952 bits per heavy atom. The SMILES string of the molecule is OCCCC1CC(NCC2CCC2)CN(C2CCCC2)C1. The van der Waals surface area contributed by atoms with E-state index < -0.39 is 0 Å². The monoisotopic (exact) mass is 294 g/mol. The van der Waals surface area contributed by atoms with Gasteiger partial charge in [0.2, 0.25) is 0 Å². The lowest BCUT2D eigenvalue weighted by Crippen LogP contribution is -2.53. The van der Waals surface area contributed by atoms with Crippen LogP contribution in [0.4, 0.5) is 0 Å². The van der Waals surface area contributed by atoms with Crippen LogP contribution in [0.5, 0.6) is 0 Å². The maximum Gasteiger partial charge on any atom is 0.0431 e. The van der Waals surface area contributed by atoms with E-state index in [1.165, 1.54) is 77.4 Å². The van der Waals surface area contributed by atoms with Gasteiger partial charge < -0.3 is 10.4 Å². The Bertz CT molecular complexity index is 300. The van der Waals surface area contributed by atoms with Crippen LogP contribution in [0.3, 0.4) is 0 Å². The molecule has 21 heavy (non-hydrogen) atoms. The largest absolute Gasteiger partial charge is 0.396 e. The van der Waals surface area contributed by atoms with E-state index in [9.17, 15) is 0 Å². The van der Waals surface area contributed by atoms with Crippen LogP contribution in [0.1, 0.15) is 64.2 Å². The lowest BCUT2D eigenvalue weighted by molar-refractivity contribution is 0.0883. The standard InChI is InChI=1S/C18H34N2O/c21-10-4-7-16-11-17(19-12-15-5-3-6-15)14-20(13-16)18-8-1-2-9-18/h15-19,21H,1-14H2. The summed E-state index contributed by atoms with van der Waals surface area (Å²) >= 11 is 0. The van der Waals surface area contributed by atoms with Crippen molar-refractivity contribution in [2.75, 3.05) is 26.2 Å². The number of aliphatic hydroxyl groups is 1. The van der Waals surface area contributed by atoms with Crippen molar-refractivity contribution >= 4 is 0 Å². The lowest BCUT2D eigenvalue weighted by atomic mass is 9.84. The number of likely N-dealkylation sites (tertiary alicyclic amines) is 1. The second-order valence-electron chi connectivity index (χ2n) is 7.76. The molecule has 3 rings (SSSR count). The Morgan fingerprint density at radius 2 is 1.76 bits per heavy atom. The summed E-state index contributed by atoms with van der Waals surface area (Å²) in [7, 11) is 0. The van der Waals surface area contributed by atoms with Gasteiger partial charge in [-0.1, -0.05) is 19.3 Å². The van der Waals surface area contributed by atoms with Crippen LogP contribution < -0.4 is 5.32 Å². The van der Waals surface area contributed by atoms with Crippen LogP contribution in [0.15, 0.2) is 0 Å². The van der Waals surface area contributed by atoms with E-state index in [2.05, 4.69) is 10.2 Å². The number of nitrogens with one attached hydrogen (secondary N) is 1. The first kappa shape index (κ1) is 15.8. The van der Waals surface area contributed by atoms with Crippen LogP contribution in [0.25, 0.3) is 0 Å². The van der Waals surface area contributed by atoms with Gasteiger partial charge in [0.05, 0.1) is 0 Å². The maximum atomic E-state index is 9.13. The molecule has 3 aliphatic rings. The van der Waals surface area contributed by atoms with Crippen molar-refractivity contribution in [3.05, 3.63) is 0 Å². The molecule has 0 aromatic rings. The highest BCUT2D eigenvalue weighted by Gasteiger charge is 2.32. The fourth-order valence-electron chi connectivity index (χ4n) is 4.58. The highest BCUT2D eigenvalue weighted by Crippen LogP contribution is 2.30. The molecule has 3 heteroatoms. The Kier molecular flexibility index (Phi) is 5.96. The van der Waals surface area contributed by atoms with Gasteiger partial charge >= 0.3 is 0 Å². The molecule has 0 aromatic carbocycles. The van der Waals surface area contributed by atoms with Gasteiger partial charge in [0.25, 0.3) is 0 Å². The zero-order valence-corrected chi connectivity index (χ0v) is 13.6. The van der Waals surface area contributed by atoms with Gasteiger partial charge in [0.15, 0.2) is 0 Å². The molecule has 3 nitrogen and oxygen atoms in total. The predicted molar refractivity (Wildman–Crippen MR) is 87.4 cm³/mol. The van der Waals surface area contributed by atoms with E-state index in [1.54, 1.807) is 0 Å². The quantitative estimate of drug-likeness (QED) is 0.758. The molecule has 2 unspecified atom stereocenters. The molecule has 0 aromatic heterocycles. The summed E-state index contributed by atoms with van der Waals surface area (Å²) in [6, 6.07) is 1.55. The van der Waals surface area contributed by atoms with Gasteiger partial charge in [-0.25, -0.2) is 0 Å². The molecule has 2 aliphatic carbocycles. The average molecular weight is 294 g/mol. The van der Waals surface area contributed by atoms with E-state index in [-0.39, 0.29) is 0 Å². The van der Waals surface area contributed by atoms with Gasteiger partial charge in [0.1, 0.15) is 0 Å². The van der Waals surface area contributed by atoms with E-state index in [0.717, 1.165) is 24.3 Å². The second kappa shape index (κ2) is 7.94. The minimum atomic E-state index is 0.361. The number of aliphatic hydroxyl groups excluding tert-OH is 1. The number of nitrogens with zero attached hydrogens (tertiary/aromatic N) is 1. The van der Waals surface area contributed by atoms with Crippen LogP contribution in [0, 0.1) is 11.8 Å². The van der Waals surface area contributed by atoms with Crippen molar-refractivity contribution in [1.29, 1.82) is 0 Å². The Morgan fingerprint density at radius 3 is 2.43 bits per heavy atom. The molecule has 2 atom stereocenters. The summed E-state index contributed by atoms with van der Waals surface area (Å²) in [6.07, 6.45) is 13.6. The van der Waals surface area contributed by atoms with Crippen molar-refractivity contribution in [2.45, 2.75) is 76.3 Å². The number of rotatable bonds is 7. The maximum absolute atomic E-state index is 9.13. The molecule has 3 fully saturated rings. The molecule has 1 aliphatic heterocycles. The minimum Gasteiger partial charge on any atom is -0.396 e. The first-order valence-electron chi connectivity index (χ1n) is 9.43. The third-order valence-corrected chi connectivity index (χ3v) is 6.10. The second-order valence-corrected chi connectivity index (χ2v) is 7.76. The summed E-state index contributed by atoms with van der Waals surface area (Å²) < 4.78 is 0.